The van der Waals surface area contributed by atoms with E-state index in [0.717, 1.165) is 65.3 Å². The van der Waals surface area contributed by atoms with Crippen molar-refractivity contribution >= 4 is 265 Å². The molecule has 0 aliphatic heterocycles. The first kappa shape index (κ1) is 45.5. The van der Waals surface area contributed by atoms with Crippen molar-refractivity contribution in [3.63, 3.8) is 0 Å². The van der Waals surface area contributed by atoms with Crippen LogP contribution in [0.5, 0.6) is 0 Å². The number of fused-ring (bicyclic) bond motifs is 6. The van der Waals surface area contributed by atoms with Gasteiger partial charge in [-0.2, -0.15) is 0 Å². The van der Waals surface area contributed by atoms with Gasteiger partial charge in [0.15, 0.2) is 17.5 Å². The highest BCUT2D eigenvalue weighted by Gasteiger charge is 2.27. The van der Waals surface area contributed by atoms with Crippen LogP contribution in [-0.4, -0.2) is 137 Å². The fraction of sp³-hybridized carbons (Fsp3) is 0. The fourth-order valence-electron chi connectivity index (χ4n) is 10.3. The Labute approximate surface area is 428 Å². The van der Waals surface area contributed by atoms with Gasteiger partial charge in [0.1, 0.15) is 129 Å². The van der Waals surface area contributed by atoms with Gasteiger partial charge in [0.05, 0.1) is 16.6 Å². The lowest BCUT2D eigenvalue weighted by Crippen LogP contribution is -2.56. The van der Waals surface area contributed by atoms with E-state index in [-0.39, 0.29) is 111 Å². The van der Waals surface area contributed by atoms with Gasteiger partial charge < -0.3 is 8.98 Å². The third-order valence-electron chi connectivity index (χ3n) is 13.9. The Morgan fingerprint density at radius 3 is 1.32 bits per heavy atom. The normalized spacial score (nSPS) is 11.9. The number of rotatable bonds is 5. The molecule has 0 unspecified atom stereocenters. The minimum atomic E-state index is -0.0440. The summed E-state index contributed by atoms with van der Waals surface area (Å²) in [7, 11) is 97.0. The first-order valence-electron chi connectivity index (χ1n) is 22.0. The molecule has 30 radical (unpaired) electrons. The predicted molar refractivity (Wildman–Crippen MR) is 310 cm³/mol. The summed E-state index contributed by atoms with van der Waals surface area (Å²) in [6.07, 6.45) is 0. The second-order valence-corrected chi connectivity index (χ2v) is 17.5. The summed E-state index contributed by atoms with van der Waals surface area (Å²) >= 11 is 0. The Balaban J connectivity index is 1.16. The highest BCUT2D eigenvalue weighted by molar-refractivity contribution is 6.71. The zero-order chi connectivity index (χ0) is 49.8. The van der Waals surface area contributed by atoms with Gasteiger partial charge in [0.2, 0.25) is 0 Å². The molecule has 71 heavy (non-hydrogen) atoms. The number of nitrogens with zero attached hydrogens (tertiary/aromatic N) is 4. The van der Waals surface area contributed by atoms with Crippen molar-refractivity contribution in [2.75, 3.05) is 0 Å². The molecule has 5 nitrogen and oxygen atoms in total. The maximum Gasteiger partial charge on any atom is 0.167 e. The molecular weight excluding hydrogens is 847 g/mol. The van der Waals surface area contributed by atoms with E-state index in [1.807, 2.05) is 53.1 Å². The molecule has 0 saturated heterocycles. The number of hydrogen-bond acceptors (Lipinski definition) is 4. The van der Waals surface area contributed by atoms with Crippen molar-refractivity contribution in [3.8, 4) is 51.0 Å². The van der Waals surface area contributed by atoms with Gasteiger partial charge >= 0.3 is 0 Å². The number of hydrogen-bond donors (Lipinski definition) is 0. The second-order valence-electron chi connectivity index (χ2n) is 17.5. The van der Waals surface area contributed by atoms with E-state index in [9.17, 15) is 0 Å². The molecule has 0 atom stereocenters. The quantitative estimate of drug-likeness (QED) is 0.129. The molecular formula is C51H15B15N4O. The number of furan rings is 1. The molecule has 0 aliphatic carbocycles. The van der Waals surface area contributed by atoms with Crippen LogP contribution in [0.3, 0.4) is 0 Å². The van der Waals surface area contributed by atoms with E-state index in [0.29, 0.717) is 22.4 Å². The zero-order valence-corrected chi connectivity index (χ0v) is 37.5. The number of benzene rings is 9. The van der Waals surface area contributed by atoms with Crippen molar-refractivity contribution < 1.29 is 4.42 Å². The average Bonchev–Trinajstić information content (AvgIpc) is 3.93. The SMILES string of the molecule is [B]c1c([B])c([B])c(-c2nc(-c3c([B])c([B])c([B])c([B])c3[B])nc(-c3cccc4c3oc3cccc(-c5ccc6c7c5c5ccccc5c5cccc(c57)n6-c5c([B])c([B])c([B])c([B])c5[B])c34)n2)c([B])c1[B]. The minimum Gasteiger partial charge on any atom is -0.455 e. The molecule has 0 N–H and O–H groups in total. The zero-order valence-electron chi connectivity index (χ0n) is 37.5. The monoisotopic (exact) mass is 864 g/mol. The van der Waals surface area contributed by atoms with E-state index in [2.05, 4.69) is 36.4 Å². The first-order valence-corrected chi connectivity index (χ1v) is 22.0. The number of para-hydroxylation sites is 1. The van der Waals surface area contributed by atoms with Crippen LogP contribution in [0.4, 0.5) is 0 Å². The Morgan fingerprint density at radius 2 is 0.732 bits per heavy atom. The van der Waals surface area contributed by atoms with Gasteiger partial charge in [-0.3, -0.25) is 0 Å². The van der Waals surface area contributed by atoms with Gasteiger partial charge in [-0.1, -0.05) is 99.5 Å². The average molecular weight is 862 g/mol. The van der Waals surface area contributed by atoms with Crippen molar-refractivity contribution in [1.29, 1.82) is 0 Å². The van der Waals surface area contributed by atoms with Crippen molar-refractivity contribution in [2.45, 2.75) is 0 Å². The van der Waals surface area contributed by atoms with E-state index < -0.39 is 0 Å². The predicted octanol–water partition coefficient (Wildman–Crippen LogP) is -4.81. The van der Waals surface area contributed by atoms with Crippen LogP contribution in [0.1, 0.15) is 0 Å². The van der Waals surface area contributed by atoms with Crippen LogP contribution in [0.2, 0.25) is 0 Å². The van der Waals surface area contributed by atoms with Crippen molar-refractivity contribution in [2.24, 2.45) is 0 Å². The molecule has 0 spiro atoms. The molecule has 3 aromatic heterocycles. The first-order chi connectivity index (χ1) is 34.0. The van der Waals surface area contributed by atoms with Gasteiger partial charge in [-0.15, -0.1) is 49.2 Å². The topological polar surface area (TPSA) is 56.7 Å². The second kappa shape index (κ2) is 16.2. The summed E-state index contributed by atoms with van der Waals surface area (Å²) in [6, 6.07) is 30.2. The maximum absolute atomic E-state index is 6.85. The Morgan fingerprint density at radius 1 is 0.310 bits per heavy atom. The number of aromatic nitrogens is 4. The molecule has 0 saturated carbocycles. The Bertz CT molecular complexity index is 4200. The molecule has 0 aliphatic rings. The molecule has 12 aromatic rings. The minimum absolute atomic E-state index is 0.00298. The molecule has 0 fully saturated rings. The van der Waals surface area contributed by atoms with Crippen LogP contribution in [-0.2, 0) is 0 Å². The van der Waals surface area contributed by atoms with Gasteiger partial charge in [0.25, 0.3) is 0 Å². The molecule has 12 rings (SSSR count). The van der Waals surface area contributed by atoms with Crippen LogP contribution >= 0.6 is 0 Å². The lowest BCUT2D eigenvalue weighted by atomic mass is 9.60. The fourth-order valence-corrected chi connectivity index (χ4v) is 10.3. The van der Waals surface area contributed by atoms with Crippen LogP contribution in [0, 0.1) is 0 Å². The third-order valence-corrected chi connectivity index (χ3v) is 13.9. The maximum atomic E-state index is 6.85. The van der Waals surface area contributed by atoms with Crippen LogP contribution in [0.15, 0.2) is 95.4 Å². The molecule has 20 heteroatoms. The molecule has 3 heterocycles. The lowest BCUT2D eigenvalue weighted by molar-refractivity contribution is 0.669. The third kappa shape index (κ3) is 6.25. The molecule has 9 aromatic carbocycles. The van der Waals surface area contributed by atoms with Gasteiger partial charge in [-0.05, 0) is 51.6 Å². The summed E-state index contributed by atoms with van der Waals surface area (Å²) < 4.78 is 8.87. The van der Waals surface area contributed by atoms with Crippen LogP contribution < -0.4 is 81.9 Å². The highest BCUT2D eigenvalue weighted by Crippen LogP contribution is 2.49. The van der Waals surface area contributed by atoms with Crippen molar-refractivity contribution in [1.82, 2.24) is 19.5 Å². The van der Waals surface area contributed by atoms with E-state index in [4.69, 9.17) is 137 Å². The van der Waals surface area contributed by atoms with Gasteiger partial charge in [-0.25, -0.2) is 15.0 Å². The molecule has 0 amide bonds. The summed E-state index contributed by atoms with van der Waals surface area (Å²) in [4.78, 5) is 14.6. The lowest BCUT2D eigenvalue weighted by Gasteiger charge is -2.23. The summed E-state index contributed by atoms with van der Waals surface area (Å²) in [5.74, 6) is 0.0138. The highest BCUT2D eigenvalue weighted by atomic mass is 16.3. The summed E-state index contributed by atoms with van der Waals surface area (Å²) in [5.41, 5.74) is 6.27. The Hall–Kier alpha value is -6.66. The molecule has 0 bridgehead atoms. The molecule has 290 valence electrons. The van der Waals surface area contributed by atoms with Gasteiger partial charge in [0, 0.05) is 43.7 Å². The van der Waals surface area contributed by atoms with E-state index in [1.54, 1.807) is 6.07 Å². The standard InChI is InChI=1S/C51H15B15N4O/c52-32-30(33(53)37(57)40(60)36(32)56)50-67-49(68-51(69-50)31-34(54)38(58)41(61)39(59)35(31)55)22-11-3-10-21-26-19(9-5-13-25(26)71-48(21)22)20-14-15-24-29-27(20)17-7-2-1-6-16(17)18-8-4-12-23(28(18)29)70(24)47-45(65)43(63)42(62)44(64)46(47)66/h1-15H. The smallest absolute Gasteiger partial charge is 0.167 e. The summed E-state index contributed by atoms with van der Waals surface area (Å²) in [5, 5.41) is 7.60. The largest absolute Gasteiger partial charge is 0.455 e. The Kier molecular flexibility index (Phi) is 10.4. The van der Waals surface area contributed by atoms with Crippen molar-refractivity contribution in [3.05, 3.63) is 91.0 Å². The van der Waals surface area contributed by atoms with Crippen LogP contribution in [0.25, 0.3) is 116 Å². The summed E-state index contributed by atoms with van der Waals surface area (Å²) in [6.45, 7) is 0. The van der Waals surface area contributed by atoms with E-state index >= 15 is 0 Å². The van der Waals surface area contributed by atoms with E-state index in [1.165, 1.54) is 0 Å².